The highest BCUT2D eigenvalue weighted by atomic mass is 79.9. The lowest BCUT2D eigenvalue weighted by atomic mass is 10.0. The lowest BCUT2D eigenvalue weighted by Gasteiger charge is -2.10. The number of hydrogen-bond acceptors (Lipinski definition) is 1. The van der Waals surface area contributed by atoms with Crippen molar-refractivity contribution >= 4 is 21.6 Å². The van der Waals surface area contributed by atoms with Gasteiger partial charge in [0.1, 0.15) is 0 Å². The summed E-state index contributed by atoms with van der Waals surface area (Å²) in [5.41, 5.74) is 9.10. The Morgan fingerprint density at radius 2 is 1.92 bits per heavy atom. The third-order valence-electron chi connectivity index (χ3n) is 2.07. The van der Waals surface area contributed by atoms with Crippen molar-refractivity contribution < 1.29 is 0 Å². The van der Waals surface area contributed by atoms with Gasteiger partial charge in [0.2, 0.25) is 0 Å². The van der Waals surface area contributed by atoms with Gasteiger partial charge in [-0.15, -0.1) is 0 Å². The van der Waals surface area contributed by atoms with Gasteiger partial charge in [-0.1, -0.05) is 29.8 Å². The molecule has 2 N–H and O–H groups in total. The van der Waals surface area contributed by atoms with Gasteiger partial charge in [0, 0.05) is 10.2 Å². The Labute approximate surface area is 82.1 Å². The van der Waals surface area contributed by atoms with Crippen molar-refractivity contribution in [1.29, 1.82) is 0 Å². The molecule has 1 aromatic carbocycles. The Hall–Kier alpha value is -0.500. The normalized spacial score (nSPS) is 10.8. The van der Waals surface area contributed by atoms with Crippen LogP contribution in [0.15, 0.2) is 16.6 Å². The average molecular weight is 228 g/mol. The van der Waals surface area contributed by atoms with Crippen LogP contribution >= 0.6 is 15.9 Å². The molecular formula is C10H14BrN. The van der Waals surface area contributed by atoms with Crippen molar-refractivity contribution in [3.8, 4) is 0 Å². The summed E-state index contributed by atoms with van der Waals surface area (Å²) in [5.74, 6) is 0.532. The maximum atomic E-state index is 5.83. The smallest absolute Gasteiger partial charge is 0.0357 e. The summed E-state index contributed by atoms with van der Waals surface area (Å²) >= 11 is 3.49. The fourth-order valence-electron chi connectivity index (χ4n) is 1.06. The van der Waals surface area contributed by atoms with Crippen LogP contribution in [0.5, 0.6) is 0 Å². The van der Waals surface area contributed by atoms with E-state index in [9.17, 15) is 0 Å². The molecule has 0 aliphatic heterocycles. The number of anilines is 1. The Morgan fingerprint density at radius 1 is 1.33 bits per heavy atom. The van der Waals surface area contributed by atoms with Crippen molar-refractivity contribution in [1.82, 2.24) is 0 Å². The molecule has 0 saturated carbocycles. The van der Waals surface area contributed by atoms with Crippen LogP contribution in [0.4, 0.5) is 5.69 Å². The highest BCUT2D eigenvalue weighted by Crippen LogP contribution is 2.27. The lowest BCUT2D eigenvalue weighted by molar-refractivity contribution is 0.865. The number of nitrogens with two attached hydrogens (primary N) is 1. The van der Waals surface area contributed by atoms with Gasteiger partial charge in [-0.25, -0.2) is 0 Å². The second-order valence-corrected chi connectivity index (χ2v) is 4.23. The minimum atomic E-state index is 0.532. The zero-order chi connectivity index (χ0) is 9.30. The minimum absolute atomic E-state index is 0.532. The predicted octanol–water partition coefficient (Wildman–Crippen LogP) is 3.46. The van der Waals surface area contributed by atoms with Gasteiger partial charge in [0.15, 0.2) is 0 Å². The lowest BCUT2D eigenvalue weighted by Crippen LogP contribution is -1.95. The van der Waals surface area contributed by atoms with Crippen LogP contribution in [-0.2, 0) is 0 Å². The van der Waals surface area contributed by atoms with E-state index in [4.69, 9.17) is 5.73 Å². The topological polar surface area (TPSA) is 26.0 Å². The van der Waals surface area contributed by atoms with Crippen molar-refractivity contribution in [3.05, 3.63) is 27.7 Å². The first-order valence-electron chi connectivity index (χ1n) is 4.08. The van der Waals surface area contributed by atoms with E-state index in [1.807, 2.05) is 13.0 Å². The van der Waals surface area contributed by atoms with Gasteiger partial charge >= 0.3 is 0 Å². The Balaban J connectivity index is 3.21. The summed E-state index contributed by atoms with van der Waals surface area (Å²) in [5, 5.41) is 0. The van der Waals surface area contributed by atoms with E-state index >= 15 is 0 Å². The van der Waals surface area contributed by atoms with Crippen LogP contribution in [0.3, 0.4) is 0 Å². The zero-order valence-electron chi connectivity index (χ0n) is 7.69. The maximum Gasteiger partial charge on any atom is 0.0357 e. The molecule has 0 saturated heterocycles. The molecule has 1 nitrogen and oxygen atoms in total. The maximum absolute atomic E-state index is 5.83. The molecule has 0 aromatic heterocycles. The van der Waals surface area contributed by atoms with Crippen LogP contribution in [0, 0.1) is 6.92 Å². The molecular weight excluding hydrogens is 214 g/mol. The molecule has 0 radical (unpaired) electrons. The SMILES string of the molecule is Cc1c(N)cc(C(C)C)cc1Br. The molecule has 0 spiro atoms. The monoisotopic (exact) mass is 227 g/mol. The van der Waals surface area contributed by atoms with Crippen LogP contribution in [-0.4, -0.2) is 0 Å². The molecule has 0 atom stereocenters. The number of rotatable bonds is 1. The highest BCUT2D eigenvalue weighted by Gasteiger charge is 2.04. The molecule has 2 heteroatoms. The van der Waals surface area contributed by atoms with Gasteiger partial charge < -0.3 is 5.73 Å². The molecule has 0 unspecified atom stereocenters. The van der Waals surface area contributed by atoms with Crippen LogP contribution in [0.2, 0.25) is 0 Å². The van der Waals surface area contributed by atoms with Crippen molar-refractivity contribution in [2.24, 2.45) is 0 Å². The summed E-state index contributed by atoms with van der Waals surface area (Å²) < 4.78 is 1.10. The van der Waals surface area contributed by atoms with Crippen LogP contribution < -0.4 is 5.73 Å². The summed E-state index contributed by atoms with van der Waals surface area (Å²) in [6.07, 6.45) is 0. The Morgan fingerprint density at radius 3 is 2.33 bits per heavy atom. The minimum Gasteiger partial charge on any atom is -0.398 e. The van der Waals surface area contributed by atoms with E-state index in [1.165, 1.54) is 5.56 Å². The zero-order valence-corrected chi connectivity index (χ0v) is 9.27. The molecule has 12 heavy (non-hydrogen) atoms. The molecule has 1 aromatic rings. The molecule has 0 fully saturated rings. The Bertz CT molecular complexity index is 269. The third kappa shape index (κ3) is 1.81. The molecule has 66 valence electrons. The van der Waals surface area contributed by atoms with Crippen LogP contribution in [0.25, 0.3) is 0 Å². The second kappa shape index (κ2) is 3.48. The largest absolute Gasteiger partial charge is 0.398 e. The Kier molecular flexibility index (Phi) is 2.78. The molecule has 0 heterocycles. The standard InChI is InChI=1S/C10H14BrN/c1-6(2)8-4-9(11)7(3)10(12)5-8/h4-6H,12H2,1-3H3. The first-order valence-corrected chi connectivity index (χ1v) is 4.87. The van der Waals surface area contributed by atoms with E-state index < -0.39 is 0 Å². The van der Waals surface area contributed by atoms with Gasteiger partial charge in [-0.05, 0) is 36.1 Å². The predicted molar refractivity (Wildman–Crippen MR) is 57.4 cm³/mol. The summed E-state index contributed by atoms with van der Waals surface area (Å²) in [6, 6.07) is 4.18. The second-order valence-electron chi connectivity index (χ2n) is 3.37. The molecule has 0 bridgehead atoms. The quantitative estimate of drug-likeness (QED) is 0.732. The van der Waals surface area contributed by atoms with E-state index in [0.717, 1.165) is 15.7 Å². The van der Waals surface area contributed by atoms with E-state index in [2.05, 4.69) is 35.8 Å². The first-order chi connectivity index (χ1) is 5.52. The number of hydrogen-bond donors (Lipinski definition) is 1. The van der Waals surface area contributed by atoms with Crippen LogP contribution in [0.1, 0.15) is 30.9 Å². The molecule has 1 rings (SSSR count). The van der Waals surface area contributed by atoms with Gasteiger partial charge in [-0.3, -0.25) is 0 Å². The highest BCUT2D eigenvalue weighted by molar-refractivity contribution is 9.10. The molecule has 0 amide bonds. The van der Waals surface area contributed by atoms with Crippen molar-refractivity contribution in [2.75, 3.05) is 5.73 Å². The number of nitrogen functional groups attached to an aromatic ring is 1. The first kappa shape index (κ1) is 9.59. The number of benzene rings is 1. The summed E-state index contributed by atoms with van der Waals surface area (Å²) in [4.78, 5) is 0. The third-order valence-corrected chi connectivity index (χ3v) is 2.90. The van der Waals surface area contributed by atoms with Gasteiger partial charge in [0.25, 0.3) is 0 Å². The molecule has 0 aliphatic carbocycles. The van der Waals surface area contributed by atoms with Crippen molar-refractivity contribution in [2.45, 2.75) is 26.7 Å². The summed E-state index contributed by atoms with van der Waals surface area (Å²) in [6.45, 7) is 6.34. The molecule has 0 aliphatic rings. The van der Waals surface area contributed by atoms with Crippen molar-refractivity contribution in [3.63, 3.8) is 0 Å². The van der Waals surface area contributed by atoms with E-state index in [-0.39, 0.29) is 0 Å². The van der Waals surface area contributed by atoms with E-state index in [0.29, 0.717) is 5.92 Å². The summed E-state index contributed by atoms with van der Waals surface area (Å²) in [7, 11) is 0. The van der Waals surface area contributed by atoms with Gasteiger partial charge in [-0.2, -0.15) is 0 Å². The fourth-order valence-corrected chi connectivity index (χ4v) is 1.55. The van der Waals surface area contributed by atoms with E-state index in [1.54, 1.807) is 0 Å². The average Bonchev–Trinajstić information content (AvgIpc) is 1.99. The van der Waals surface area contributed by atoms with Gasteiger partial charge in [0.05, 0.1) is 0 Å². The fraction of sp³-hybridized carbons (Fsp3) is 0.400. The number of halogens is 1.